The van der Waals surface area contributed by atoms with Gasteiger partial charge in [-0.1, -0.05) is 63.2 Å². The van der Waals surface area contributed by atoms with E-state index < -0.39 is 0 Å². The van der Waals surface area contributed by atoms with Crippen LogP contribution in [0.3, 0.4) is 0 Å². The van der Waals surface area contributed by atoms with Gasteiger partial charge in [0.15, 0.2) is 0 Å². The lowest BCUT2D eigenvalue weighted by molar-refractivity contribution is 0.595. The van der Waals surface area contributed by atoms with Gasteiger partial charge in [0, 0.05) is 5.56 Å². The third kappa shape index (κ3) is 2.28. The minimum Gasteiger partial charge on any atom is -0.236 e. The van der Waals surface area contributed by atoms with Gasteiger partial charge in [0.05, 0.1) is 10.2 Å². The Labute approximate surface area is 117 Å². The summed E-state index contributed by atoms with van der Waals surface area (Å²) >= 11 is 1.77. The first-order valence-corrected chi connectivity index (χ1v) is 7.33. The summed E-state index contributed by atoms with van der Waals surface area (Å²) in [5, 5.41) is 1.10. The molecule has 2 heteroatoms. The van der Waals surface area contributed by atoms with E-state index in [1.54, 1.807) is 11.3 Å². The molecule has 0 N–H and O–H groups in total. The number of nitrogens with zero attached hydrogens (tertiary/aromatic N) is 1. The number of rotatable bonds is 1. The van der Waals surface area contributed by atoms with Gasteiger partial charge in [0.25, 0.3) is 0 Å². The zero-order valence-corrected chi connectivity index (χ0v) is 12.3. The van der Waals surface area contributed by atoms with Gasteiger partial charge >= 0.3 is 0 Å². The Morgan fingerprint density at radius 3 is 2.32 bits per heavy atom. The molecule has 2 aromatic carbocycles. The molecule has 0 amide bonds. The lowest BCUT2D eigenvalue weighted by atomic mass is 9.86. The quantitative estimate of drug-likeness (QED) is 0.586. The molecule has 3 rings (SSSR count). The molecule has 0 saturated heterocycles. The van der Waals surface area contributed by atoms with E-state index in [4.69, 9.17) is 4.98 Å². The maximum Gasteiger partial charge on any atom is 0.124 e. The summed E-state index contributed by atoms with van der Waals surface area (Å²) in [6.07, 6.45) is 0. The molecule has 0 spiro atoms. The summed E-state index contributed by atoms with van der Waals surface area (Å²) in [5.41, 5.74) is 3.80. The standard InChI is InChI=1S/C17H17NS/c1-17(2,3)13-10-7-11-14-15(13)18-16(19-14)12-8-5-4-6-9-12/h4-11H,1-3H3. The van der Waals surface area contributed by atoms with Crippen molar-refractivity contribution >= 4 is 21.6 Å². The number of thiazole rings is 1. The van der Waals surface area contributed by atoms with Crippen LogP contribution in [0.2, 0.25) is 0 Å². The third-order valence-corrected chi connectivity index (χ3v) is 4.32. The number of para-hydroxylation sites is 1. The monoisotopic (exact) mass is 267 g/mol. The fraction of sp³-hybridized carbons (Fsp3) is 0.235. The smallest absolute Gasteiger partial charge is 0.124 e. The molecule has 0 radical (unpaired) electrons. The molecule has 1 aromatic heterocycles. The van der Waals surface area contributed by atoms with E-state index in [0.717, 1.165) is 10.5 Å². The molecule has 0 fully saturated rings. The van der Waals surface area contributed by atoms with Gasteiger partial charge in [0.2, 0.25) is 0 Å². The summed E-state index contributed by atoms with van der Waals surface area (Å²) < 4.78 is 1.27. The molecule has 3 aromatic rings. The van der Waals surface area contributed by atoms with Crippen molar-refractivity contribution in [3.8, 4) is 10.6 Å². The Hall–Kier alpha value is -1.67. The number of fused-ring (bicyclic) bond motifs is 1. The van der Waals surface area contributed by atoms with Gasteiger partial charge in [-0.2, -0.15) is 0 Å². The minimum atomic E-state index is 0.127. The van der Waals surface area contributed by atoms with Crippen LogP contribution in [-0.4, -0.2) is 4.98 Å². The molecule has 0 aliphatic heterocycles. The molecular formula is C17H17NS. The van der Waals surface area contributed by atoms with Gasteiger partial charge in [-0.25, -0.2) is 4.98 Å². The zero-order valence-electron chi connectivity index (χ0n) is 11.5. The maximum absolute atomic E-state index is 4.87. The molecular weight excluding hydrogens is 250 g/mol. The predicted octanol–water partition coefficient (Wildman–Crippen LogP) is 5.26. The van der Waals surface area contributed by atoms with E-state index in [1.807, 2.05) is 6.07 Å². The summed E-state index contributed by atoms with van der Waals surface area (Å²) in [7, 11) is 0. The highest BCUT2D eigenvalue weighted by molar-refractivity contribution is 7.21. The Balaban J connectivity index is 2.22. The normalized spacial score (nSPS) is 11.9. The second-order valence-electron chi connectivity index (χ2n) is 5.79. The summed E-state index contributed by atoms with van der Waals surface area (Å²) in [4.78, 5) is 4.87. The Morgan fingerprint density at radius 1 is 0.895 bits per heavy atom. The number of benzene rings is 2. The van der Waals surface area contributed by atoms with E-state index in [0.29, 0.717) is 0 Å². The average Bonchev–Trinajstić information content (AvgIpc) is 2.82. The fourth-order valence-corrected chi connectivity index (χ4v) is 3.26. The predicted molar refractivity (Wildman–Crippen MR) is 83.8 cm³/mol. The van der Waals surface area contributed by atoms with Crippen LogP contribution in [0.1, 0.15) is 26.3 Å². The molecule has 0 unspecified atom stereocenters. The zero-order chi connectivity index (χ0) is 13.5. The third-order valence-electron chi connectivity index (χ3n) is 3.25. The topological polar surface area (TPSA) is 12.9 Å². The lowest BCUT2D eigenvalue weighted by Gasteiger charge is -2.19. The highest BCUT2D eigenvalue weighted by Crippen LogP contribution is 2.35. The van der Waals surface area contributed by atoms with Crippen molar-refractivity contribution in [3.05, 3.63) is 54.1 Å². The van der Waals surface area contributed by atoms with Crippen molar-refractivity contribution in [2.75, 3.05) is 0 Å². The van der Waals surface area contributed by atoms with Crippen LogP contribution in [-0.2, 0) is 5.41 Å². The second kappa shape index (κ2) is 4.46. The Bertz CT molecular complexity index is 705. The van der Waals surface area contributed by atoms with Crippen molar-refractivity contribution in [2.24, 2.45) is 0 Å². The van der Waals surface area contributed by atoms with E-state index >= 15 is 0 Å². The van der Waals surface area contributed by atoms with Crippen LogP contribution in [0.4, 0.5) is 0 Å². The fourth-order valence-electron chi connectivity index (χ4n) is 2.26. The first kappa shape index (κ1) is 12.4. The number of aromatic nitrogens is 1. The first-order chi connectivity index (χ1) is 9.05. The van der Waals surface area contributed by atoms with Gasteiger partial charge in [-0.15, -0.1) is 11.3 Å². The van der Waals surface area contributed by atoms with Crippen LogP contribution in [0.25, 0.3) is 20.8 Å². The van der Waals surface area contributed by atoms with E-state index in [-0.39, 0.29) is 5.41 Å². The summed E-state index contributed by atoms with van der Waals surface area (Å²) in [5.74, 6) is 0. The molecule has 96 valence electrons. The first-order valence-electron chi connectivity index (χ1n) is 6.51. The van der Waals surface area contributed by atoms with Gasteiger partial charge in [0.1, 0.15) is 5.01 Å². The van der Waals surface area contributed by atoms with E-state index in [1.165, 1.54) is 15.8 Å². The Morgan fingerprint density at radius 2 is 1.63 bits per heavy atom. The van der Waals surface area contributed by atoms with Crippen LogP contribution >= 0.6 is 11.3 Å². The minimum absolute atomic E-state index is 0.127. The lowest BCUT2D eigenvalue weighted by Crippen LogP contribution is -2.11. The van der Waals surface area contributed by atoms with Gasteiger partial charge in [-0.05, 0) is 17.0 Å². The maximum atomic E-state index is 4.87. The van der Waals surface area contributed by atoms with Crippen LogP contribution < -0.4 is 0 Å². The molecule has 0 aliphatic carbocycles. The van der Waals surface area contributed by atoms with Crippen LogP contribution in [0, 0.1) is 0 Å². The molecule has 19 heavy (non-hydrogen) atoms. The molecule has 0 saturated carbocycles. The summed E-state index contributed by atoms with van der Waals surface area (Å²) in [6.45, 7) is 6.72. The highest BCUT2D eigenvalue weighted by atomic mass is 32.1. The van der Waals surface area contributed by atoms with Gasteiger partial charge < -0.3 is 0 Å². The van der Waals surface area contributed by atoms with Crippen molar-refractivity contribution in [1.29, 1.82) is 0 Å². The number of hydrogen-bond donors (Lipinski definition) is 0. The van der Waals surface area contributed by atoms with Crippen LogP contribution in [0.15, 0.2) is 48.5 Å². The highest BCUT2D eigenvalue weighted by Gasteiger charge is 2.19. The summed E-state index contributed by atoms with van der Waals surface area (Å²) in [6, 6.07) is 16.9. The van der Waals surface area contributed by atoms with Crippen molar-refractivity contribution in [1.82, 2.24) is 4.98 Å². The molecule has 1 heterocycles. The van der Waals surface area contributed by atoms with Crippen molar-refractivity contribution < 1.29 is 0 Å². The number of hydrogen-bond acceptors (Lipinski definition) is 2. The molecule has 0 aliphatic rings. The van der Waals surface area contributed by atoms with Gasteiger partial charge in [-0.3, -0.25) is 0 Å². The van der Waals surface area contributed by atoms with E-state index in [9.17, 15) is 0 Å². The SMILES string of the molecule is CC(C)(C)c1cccc2sc(-c3ccccc3)nc12. The van der Waals surface area contributed by atoms with Crippen molar-refractivity contribution in [3.63, 3.8) is 0 Å². The molecule has 1 nitrogen and oxygen atoms in total. The second-order valence-corrected chi connectivity index (χ2v) is 6.82. The van der Waals surface area contributed by atoms with E-state index in [2.05, 4.69) is 63.2 Å². The largest absolute Gasteiger partial charge is 0.236 e. The average molecular weight is 267 g/mol. The van der Waals surface area contributed by atoms with Crippen LogP contribution in [0.5, 0.6) is 0 Å². The van der Waals surface area contributed by atoms with Crippen molar-refractivity contribution in [2.45, 2.75) is 26.2 Å². The Kier molecular flexibility index (Phi) is 2.90. The molecule has 0 bridgehead atoms. The molecule has 0 atom stereocenters.